The fourth-order valence-corrected chi connectivity index (χ4v) is 2.50. The van der Waals surface area contributed by atoms with E-state index in [4.69, 9.17) is 15.2 Å². The lowest BCUT2D eigenvalue weighted by atomic mass is 10.1. The topological polar surface area (TPSA) is 93.9 Å². The van der Waals surface area contributed by atoms with Gasteiger partial charge in [0.1, 0.15) is 6.61 Å². The maximum absolute atomic E-state index is 12.4. The summed E-state index contributed by atoms with van der Waals surface area (Å²) in [7, 11) is 0. The van der Waals surface area contributed by atoms with Crippen molar-refractivity contribution in [3.8, 4) is 11.5 Å². The van der Waals surface area contributed by atoms with Gasteiger partial charge in [0.15, 0.2) is 17.6 Å². The van der Waals surface area contributed by atoms with Crippen molar-refractivity contribution in [3.63, 3.8) is 0 Å². The number of benzene rings is 1. The minimum Gasteiger partial charge on any atom is -0.486 e. The van der Waals surface area contributed by atoms with Crippen molar-refractivity contribution >= 4 is 24.2 Å². The molecule has 1 aliphatic rings. The first kappa shape index (κ1) is 22.1. The molecule has 3 N–H and O–H groups in total. The van der Waals surface area contributed by atoms with Crippen molar-refractivity contribution in [1.82, 2.24) is 10.2 Å². The summed E-state index contributed by atoms with van der Waals surface area (Å²) in [6.07, 6.45) is -0.243. The number of rotatable bonds is 7. The highest BCUT2D eigenvalue weighted by molar-refractivity contribution is 5.87. The van der Waals surface area contributed by atoms with Gasteiger partial charge in [-0.25, -0.2) is 0 Å². The third-order valence-electron chi connectivity index (χ3n) is 4.16. The number of likely N-dealkylation sites (N-methyl/N-ethyl adjacent to an activating group) is 1. The second-order valence-corrected chi connectivity index (χ2v) is 6.42. The largest absolute Gasteiger partial charge is 0.486 e. The third kappa shape index (κ3) is 5.78. The zero-order valence-corrected chi connectivity index (χ0v) is 16.3. The van der Waals surface area contributed by atoms with Gasteiger partial charge < -0.3 is 25.4 Å². The van der Waals surface area contributed by atoms with Crippen LogP contribution in [0.4, 0.5) is 0 Å². The number of nitrogens with one attached hydrogen (secondary N) is 1. The molecule has 146 valence electrons. The lowest BCUT2D eigenvalue weighted by Crippen LogP contribution is -2.50. The predicted octanol–water partition coefficient (Wildman–Crippen LogP) is 1.20. The van der Waals surface area contributed by atoms with Crippen LogP contribution < -0.4 is 20.5 Å². The molecule has 1 aliphatic heterocycles. The molecule has 0 spiro atoms. The number of halogens is 1. The smallest absolute Gasteiger partial charge is 0.242 e. The molecule has 1 heterocycles. The lowest BCUT2D eigenvalue weighted by molar-refractivity contribution is -0.134. The van der Waals surface area contributed by atoms with E-state index >= 15 is 0 Å². The average molecular weight is 386 g/mol. The lowest BCUT2D eigenvalue weighted by Gasteiger charge is -2.31. The molecule has 0 fully saturated rings. The SMILES string of the molecule is CCN(CC1COc2ccccc2O1)C(=O)CNC(=O)[C@@H](N)C(C)C.Cl. The maximum Gasteiger partial charge on any atom is 0.242 e. The van der Waals surface area contributed by atoms with Crippen molar-refractivity contribution in [3.05, 3.63) is 24.3 Å². The molecule has 0 radical (unpaired) electrons. The Labute approximate surface area is 160 Å². The molecule has 2 rings (SSSR count). The number of nitrogens with two attached hydrogens (primary N) is 1. The van der Waals surface area contributed by atoms with Crippen molar-refractivity contribution in [2.24, 2.45) is 11.7 Å². The Morgan fingerprint density at radius 3 is 2.58 bits per heavy atom. The summed E-state index contributed by atoms with van der Waals surface area (Å²) in [6, 6.07) is 6.83. The first-order valence-corrected chi connectivity index (χ1v) is 8.62. The van der Waals surface area contributed by atoms with Gasteiger partial charge in [-0.05, 0) is 25.0 Å². The number of fused-ring (bicyclic) bond motifs is 1. The molecule has 2 amide bonds. The number of hydrogen-bond acceptors (Lipinski definition) is 5. The summed E-state index contributed by atoms with van der Waals surface area (Å²) < 4.78 is 11.6. The van der Waals surface area contributed by atoms with Gasteiger partial charge in [0.2, 0.25) is 11.8 Å². The Morgan fingerprint density at radius 2 is 1.96 bits per heavy atom. The number of para-hydroxylation sites is 2. The Hall–Kier alpha value is -1.99. The second-order valence-electron chi connectivity index (χ2n) is 6.42. The van der Waals surface area contributed by atoms with Crippen LogP contribution in [0.5, 0.6) is 11.5 Å². The highest BCUT2D eigenvalue weighted by Crippen LogP contribution is 2.30. The molecule has 1 aromatic rings. The van der Waals surface area contributed by atoms with Crippen LogP contribution in [0.25, 0.3) is 0 Å². The molecule has 2 atom stereocenters. The number of carbonyl (C=O) groups is 2. The van der Waals surface area contributed by atoms with Crippen LogP contribution in [0, 0.1) is 5.92 Å². The number of carbonyl (C=O) groups excluding carboxylic acids is 2. The summed E-state index contributed by atoms with van der Waals surface area (Å²) in [5.41, 5.74) is 5.78. The summed E-state index contributed by atoms with van der Waals surface area (Å²) in [5, 5.41) is 2.60. The summed E-state index contributed by atoms with van der Waals surface area (Å²) in [5.74, 6) is 0.923. The van der Waals surface area contributed by atoms with E-state index in [1.165, 1.54) is 0 Å². The first-order valence-electron chi connectivity index (χ1n) is 8.62. The van der Waals surface area contributed by atoms with Gasteiger partial charge >= 0.3 is 0 Å². The van der Waals surface area contributed by atoms with Crippen LogP contribution in [0.15, 0.2) is 24.3 Å². The van der Waals surface area contributed by atoms with Crippen LogP contribution >= 0.6 is 12.4 Å². The van der Waals surface area contributed by atoms with E-state index in [2.05, 4.69) is 5.32 Å². The standard InChI is InChI=1S/C18H27N3O4.ClH/c1-4-21(16(22)9-20-18(23)17(19)12(2)3)10-13-11-24-14-7-5-6-8-15(14)25-13;/h5-8,12-13,17H,4,9-11,19H2,1-3H3,(H,20,23);1H/t13?,17-;/m0./s1. The van der Waals surface area contributed by atoms with Crippen molar-refractivity contribution in [1.29, 1.82) is 0 Å². The van der Waals surface area contributed by atoms with E-state index in [0.717, 1.165) is 0 Å². The molecule has 8 heteroatoms. The van der Waals surface area contributed by atoms with Gasteiger partial charge in [-0.2, -0.15) is 0 Å². The van der Waals surface area contributed by atoms with Crippen molar-refractivity contribution in [2.45, 2.75) is 32.9 Å². The summed E-state index contributed by atoms with van der Waals surface area (Å²) in [4.78, 5) is 25.9. The van der Waals surface area contributed by atoms with Gasteiger partial charge in [-0.3, -0.25) is 9.59 Å². The molecule has 0 aliphatic carbocycles. The molecule has 1 unspecified atom stereocenters. The summed E-state index contributed by atoms with van der Waals surface area (Å²) in [6.45, 7) is 6.84. The Bertz CT molecular complexity index is 612. The van der Waals surface area contributed by atoms with Crippen LogP contribution in [0.3, 0.4) is 0 Å². The van der Waals surface area contributed by atoms with E-state index in [0.29, 0.717) is 31.2 Å². The fraction of sp³-hybridized carbons (Fsp3) is 0.556. The number of ether oxygens (including phenoxy) is 2. The van der Waals surface area contributed by atoms with Crippen LogP contribution in [0.2, 0.25) is 0 Å². The van der Waals surface area contributed by atoms with Gasteiger partial charge in [0, 0.05) is 6.54 Å². The quantitative estimate of drug-likeness (QED) is 0.735. The minimum atomic E-state index is -0.616. The molecule has 0 saturated heterocycles. The highest BCUT2D eigenvalue weighted by Gasteiger charge is 2.25. The number of nitrogens with zero attached hydrogens (tertiary/aromatic N) is 1. The van der Waals surface area contributed by atoms with E-state index in [-0.39, 0.29) is 42.8 Å². The normalized spacial score (nSPS) is 16.4. The molecule has 0 saturated carbocycles. The first-order chi connectivity index (χ1) is 11.9. The Morgan fingerprint density at radius 1 is 1.31 bits per heavy atom. The molecule has 26 heavy (non-hydrogen) atoms. The molecule has 7 nitrogen and oxygen atoms in total. The Balaban J connectivity index is 0.00000338. The van der Waals surface area contributed by atoms with Crippen LogP contribution in [-0.4, -0.2) is 55.1 Å². The molecule has 0 bridgehead atoms. The second kappa shape index (κ2) is 10.2. The Kier molecular flexibility index (Phi) is 8.68. The zero-order chi connectivity index (χ0) is 18.4. The molecule has 1 aromatic carbocycles. The molecular formula is C18H28ClN3O4. The average Bonchev–Trinajstić information content (AvgIpc) is 2.62. The van der Waals surface area contributed by atoms with Crippen molar-refractivity contribution < 1.29 is 19.1 Å². The highest BCUT2D eigenvalue weighted by atomic mass is 35.5. The maximum atomic E-state index is 12.4. The van der Waals surface area contributed by atoms with Gasteiger partial charge in [0.05, 0.1) is 19.1 Å². The van der Waals surface area contributed by atoms with E-state index in [1.807, 2.05) is 45.0 Å². The van der Waals surface area contributed by atoms with Gasteiger partial charge in [0.25, 0.3) is 0 Å². The zero-order valence-electron chi connectivity index (χ0n) is 15.4. The van der Waals surface area contributed by atoms with Crippen LogP contribution in [-0.2, 0) is 9.59 Å². The molecule has 0 aromatic heterocycles. The van der Waals surface area contributed by atoms with Gasteiger partial charge in [-0.1, -0.05) is 26.0 Å². The number of hydrogen-bond donors (Lipinski definition) is 2. The van der Waals surface area contributed by atoms with E-state index in [1.54, 1.807) is 4.90 Å². The molecular weight excluding hydrogens is 358 g/mol. The van der Waals surface area contributed by atoms with Crippen LogP contribution in [0.1, 0.15) is 20.8 Å². The fourth-order valence-electron chi connectivity index (χ4n) is 2.50. The van der Waals surface area contributed by atoms with E-state index in [9.17, 15) is 9.59 Å². The third-order valence-corrected chi connectivity index (χ3v) is 4.16. The predicted molar refractivity (Wildman–Crippen MR) is 102 cm³/mol. The minimum absolute atomic E-state index is 0. The monoisotopic (exact) mass is 385 g/mol. The van der Waals surface area contributed by atoms with Crippen molar-refractivity contribution in [2.75, 3.05) is 26.2 Å². The number of amides is 2. The van der Waals surface area contributed by atoms with E-state index < -0.39 is 6.04 Å². The van der Waals surface area contributed by atoms with Gasteiger partial charge in [-0.15, -0.1) is 12.4 Å². The summed E-state index contributed by atoms with van der Waals surface area (Å²) >= 11 is 0.